The Labute approximate surface area is 88.5 Å². The van der Waals surface area contributed by atoms with Crippen LogP contribution in [0.15, 0.2) is 16.6 Å². The van der Waals surface area contributed by atoms with Crippen LogP contribution in [-0.2, 0) is 6.18 Å². The Kier molecular flexibility index (Phi) is 3.19. The van der Waals surface area contributed by atoms with E-state index in [1.807, 2.05) is 0 Å². The van der Waals surface area contributed by atoms with Gasteiger partial charge < -0.3 is 0 Å². The standard InChI is InChI=1S/C9H9BrF3N/c1-5(2)7-4-3-6(10)8(14-7)9(11,12)13/h3-5H,1-2H3. The van der Waals surface area contributed by atoms with Crippen molar-refractivity contribution < 1.29 is 13.2 Å². The summed E-state index contributed by atoms with van der Waals surface area (Å²) in [5.74, 6) is -0.0100. The summed E-state index contributed by atoms with van der Waals surface area (Å²) in [6, 6.07) is 2.97. The van der Waals surface area contributed by atoms with Crippen LogP contribution in [0.4, 0.5) is 13.2 Å². The Morgan fingerprint density at radius 2 is 1.86 bits per heavy atom. The first-order valence-corrected chi connectivity index (χ1v) is 4.85. The van der Waals surface area contributed by atoms with Crippen LogP contribution in [-0.4, -0.2) is 4.98 Å². The predicted molar refractivity (Wildman–Crippen MR) is 51.0 cm³/mol. The lowest BCUT2D eigenvalue weighted by molar-refractivity contribution is -0.141. The molecular weight excluding hydrogens is 259 g/mol. The summed E-state index contributed by atoms with van der Waals surface area (Å²) in [5.41, 5.74) is -0.413. The summed E-state index contributed by atoms with van der Waals surface area (Å²) >= 11 is 2.83. The fourth-order valence-corrected chi connectivity index (χ4v) is 1.42. The third-order valence-corrected chi connectivity index (χ3v) is 2.37. The second kappa shape index (κ2) is 3.88. The monoisotopic (exact) mass is 267 g/mol. The number of hydrogen-bond acceptors (Lipinski definition) is 1. The van der Waals surface area contributed by atoms with Gasteiger partial charge in [-0.3, -0.25) is 0 Å². The van der Waals surface area contributed by atoms with Gasteiger partial charge in [0.05, 0.1) is 0 Å². The van der Waals surface area contributed by atoms with Crippen molar-refractivity contribution in [1.29, 1.82) is 0 Å². The molecule has 0 saturated heterocycles. The van der Waals surface area contributed by atoms with Gasteiger partial charge in [-0.15, -0.1) is 0 Å². The molecule has 0 fully saturated rings. The molecule has 0 aromatic carbocycles. The van der Waals surface area contributed by atoms with Gasteiger partial charge in [-0.2, -0.15) is 13.2 Å². The van der Waals surface area contributed by atoms with E-state index in [2.05, 4.69) is 20.9 Å². The van der Waals surface area contributed by atoms with Crippen molar-refractivity contribution in [1.82, 2.24) is 4.98 Å². The fraction of sp³-hybridized carbons (Fsp3) is 0.444. The molecule has 5 heteroatoms. The van der Waals surface area contributed by atoms with Gasteiger partial charge in [0.1, 0.15) is 0 Å². The summed E-state index contributed by atoms with van der Waals surface area (Å²) < 4.78 is 37.2. The minimum absolute atomic E-state index is 0.0100. The molecule has 1 aromatic heterocycles. The molecule has 0 N–H and O–H groups in total. The highest BCUT2D eigenvalue weighted by molar-refractivity contribution is 9.10. The van der Waals surface area contributed by atoms with Crippen molar-refractivity contribution in [3.63, 3.8) is 0 Å². The molecule has 14 heavy (non-hydrogen) atoms. The zero-order valence-corrected chi connectivity index (χ0v) is 9.28. The van der Waals surface area contributed by atoms with E-state index in [0.717, 1.165) is 0 Å². The van der Waals surface area contributed by atoms with Crippen molar-refractivity contribution in [2.45, 2.75) is 25.9 Å². The topological polar surface area (TPSA) is 12.9 Å². The van der Waals surface area contributed by atoms with E-state index in [9.17, 15) is 13.2 Å². The average Bonchev–Trinajstić information content (AvgIpc) is 2.02. The van der Waals surface area contributed by atoms with Crippen LogP contribution in [0.1, 0.15) is 31.2 Å². The molecule has 0 unspecified atom stereocenters. The summed E-state index contributed by atoms with van der Waals surface area (Å²) in [7, 11) is 0. The summed E-state index contributed by atoms with van der Waals surface area (Å²) in [6.45, 7) is 3.60. The maximum Gasteiger partial charge on any atom is 0.434 e. The van der Waals surface area contributed by atoms with Gasteiger partial charge in [0, 0.05) is 10.2 Å². The van der Waals surface area contributed by atoms with Gasteiger partial charge in [-0.05, 0) is 34.0 Å². The van der Waals surface area contributed by atoms with Gasteiger partial charge in [-0.25, -0.2) is 4.98 Å². The molecule has 0 radical (unpaired) electrons. The van der Waals surface area contributed by atoms with E-state index in [0.29, 0.717) is 5.69 Å². The number of rotatable bonds is 1. The minimum Gasteiger partial charge on any atom is -0.247 e. The molecule has 1 rings (SSSR count). The van der Waals surface area contributed by atoms with Crippen LogP contribution >= 0.6 is 15.9 Å². The normalized spacial score (nSPS) is 12.2. The van der Waals surface area contributed by atoms with Crippen molar-refractivity contribution >= 4 is 15.9 Å². The molecule has 1 aromatic rings. The number of aromatic nitrogens is 1. The van der Waals surface area contributed by atoms with E-state index in [1.165, 1.54) is 6.07 Å². The van der Waals surface area contributed by atoms with Gasteiger partial charge >= 0.3 is 6.18 Å². The van der Waals surface area contributed by atoms with E-state index in [4.69, 9.17) is 0 Å². The largest absolute Gasteiger partial charge is 0.434 e. The Bertz CT molecular complexity index is 333. The molecule has 0 aliphatic rings. The molecule has 0 bridgehead atoms. The number of pyridine rings is 1. The highest BCUT2D eigenvalue weighted by atomic mass is 79.9. The number of nitrogens with zero attached hydrogens (tertiary/aromatic N) is 1. The molecule has 1 nitrogen and oxygen atoms in total. The highest BCUT2D eigenvalue weighted by Crippen LogP contribution is 2.34. The Morgan fingerprint density at radius 3 is 2.29 bits per heavy atom. The van der Waals surface area contributed by atoms with Gasteiger partial charge in [-0.1, -0.05) is 13.8 Å². The maximum atomic E-state index is 12.4. The van der Waals surface area contributed by atoms with Crippen LogP contribution in [0.2, 0.25) is 0 Å². The van der Waals surface area contributed by atoms with E-state index < -0.39 is 11.9 Å². The molecule has 0 aliphatic heterocycles. The Hall–Kier alpha value is -0.580. The third-order valence-electron chi connectivity index (χ3n) is 1.73. The Morgan fingerprint density at radius 1 is 1.29 bits per heavy atom. The summed E-state index contributed by atoms with van der Waals surface area (Å²) in [6.07, 6.45) is -4.40. The quantitative estimate of drug-likeness (QED) is 0.750. The summed E-state index contributed by atoms with van der Waals surface area (Å²) in [4.78, 5) is 3.57. The van der Waals surface area contributed by atoms with Crippen LogP contribution in [0, 0.1) is 0 Å². The van der Waals surface area contributed by atoms with Crippen LogP contribution in [0.25, 0.3) is 0 Å². The number of hydrogen-bond donors (Lipinski definition) is 0. The fourth-order valence-electron chi connectivity index (χ4n) is 0.978. The molecule has 78 valence electrons. The van der Waals surface area contributed by atoms with Crippen molar-refractivity contribution in [2.24, 2.45) is 0 Å². The lowest BCUT2D eigenvalue weighted by Crippen LogP contribution is -2.11. The molecule has 0 aliphatic carbocycles. The number of halogens is 4. The van der Waals surface area contributed by atoms with Crippen molar-refractivity contribution in [2.75, 3.05) is 0 Å². The van der Waals surface area contributed by atoms with E-state index >= 15 is 0 Å². The second-order valence-corrected chi connectivity index (χ2v) is 4.07. The van der Waals surface area contributed by atoms with Gasteiger partial charge in [0.2, 0.25) is 0 Å². The lowest BCUT2D eigenvalue weighted by Gasteiger charge is -2.11. The molecule has 0 spiro atoms. The van der Waals surface area contributed by atoms with Crippen LogP contribution < -0.4 is 0 Å². The molecule has 0 saturated carbocycles. The SMILES string of the molecule is CC(C)c1ccc(Br)c(C(F)(F)F)n1. The second-order valence-electron chi connectivity index (χ2n) is 3.22. The van der Waals surface area contributed by atoms with Crippen LogP contribution in [0.3, 0.4) is 0 Å². The van der Waals surface area contributed by atoms with Gasteiger partial charge in [0.15, 0.2) is 5.69 Å². The minimum atomic E-state index is -4.40. The molecular formula is C9H9BrF3N. The first kappa shape index (κ1) is 11.5. The predicted octanol–water partition coefficient (Wildman–Crippen LogP) is 3.99. The molecule has 0 amide bonds. The summed E-state index contributed by atoms with van der Waals surface area (Å²) in [5, 5.41) is 0. The molecule has 1 heterocycles. The maximum absolute atomic E-state index is 12.4. The van der Waals surface area contributed by atoms with E-state index in [1.54, 1.807) is 19.9 Å². The van der Waals surface area contributed by atoms with E-state index in [-0.39, 0.29) is 10.4 Å². The lowest BCUT2D eigenvalue weighted by atomic mass is 10.1. The van der Waals surface area contributed by atoms with Crippen molar-refractivity contribution in [3.05, 3.63) is 28.0 Å². The average molecular weight is 268 g/mol. The first-order chi connectivity index (χ1) is 6.32. The highest BCUT2D eigenvalue weighted by Gasteiger charge is 2.35. The zero-order chi connectivity index (χ0) is 10.9. The van der Waals surface area contributed by atoms with Gasteiger partial charge in [0.25, 0.3) is 0 Å². The van der Waals surface area contributed by atoms with Crippen molar-refractivity contribution in [3.8, 4) is 0 Å². The molecule has 0 atom stereocenters. The first-order valence-electron chi connectivity index (χ1n) is 4.06. The zero-order valence-electron chi connectivity index (χ0n) is 7.69. The third kappa shape index (κ3) is 2.47. The Balaban J connectivity index is 3.22. The number of alkyl halides is 3. The smallest absolute Gasteiger partial charge is 0.247 e. The van der Waals surface area contributed by atoms with Crippen LogP contribution in [0.5, 0.6) is 0 Å².